The minimum Gasteiger partial charge on any atom is -0.330 e. The zero-order chi connectivity index (χ0) is 17.6. The molecule has 1 atom stereocenters. The van der Waals surface area contributed by atoms with Gasteiger partial charge in [-0.1, -0.05) is 59.5 Å². The molecule has 0 fully saturated rings. The first-order chi connectivity index (χ1) is 12.1. The van der Waals surface area contributed by atoms with Crippen LogP contribution in [0.25, 0.3) is 0 Å². The van der Waals surface area contributed by atoms with E-state index in [9.17, 15) is 4.79 Å². The Kier molecular flexibility index (Phi) is 5.67. The molecule has 0 spiro atoms. The lowest BCUT2D eigenvalue weighted by atomic mass is 10.3. The molecule has 1 heterocycles. The van der Waals surface area contributed by atoms with E-state index >= 15 is 0 Å². The molecule has 0 bridgehead atoms. The number of nitrogens with zero attached hydrogens (tertiary/aromatic N) is 3. The molecule has 1 aromatic heterocycles. The van der Waals surface area contributed by atoms with Crippen LogP contribution in [0.5, 0.6) is 0 Å². The second-order valence-electron chi connectivity index (χ2n) is 5.36. The predicted molar refractivity (Wildman–Crippen MR) is 105 cm³/mol. The van der Waals surface area contributed by atoms with Crippen LogP contribution in [0.3, 0.4) is 0 Å². The van der Waals surface area contributed by atoms with Crippen LogP contribution < -0.4 is 10.2 Å². The van der Waals surface area contributed by atoms with E-state index in [2.05, 4.69) is 15.5 Å². The number of para-hydroxylation sites is 2. The van der Waals surface area contributed by atoms with Crippen molar-refractivity contribution in [2.24, 2.45) is 0 Å². The molecular weight excluding hydrogens is 352 g/mol. The fraction of sp³-hybridized carbons (Fsp3) is 0.167. The number of thioether (sulfide) groups is 1. The Hall–Kier alpha value is -2.38. The molecule has 5 nitrogen and oxygen atoms in total. The van der Waals surface area contributed by atoms with Gasteiger partial charge in [-0.15, -0.1) is 10.2 Å². The molecule has 0 aliphatic heterocycles. The van der Waals surface area contributed by atoms with Crippen LogP contribution in [0.2, 0.25) is 0 Å². The minimum absolute atomic E-state index is 0.0315. The Balaban J connectivity index is 1.61. The molecule has 0 aliphatic rings. The van der Waals surface area contributed by atoms with Crippen LogP contribution in [0, 0.1) is 0 Å². The fourth-order valence-corrected chi connectivity index (χ4v) is 4.22. The van der Waals surface area contributed by atoms with Crippen molar-refractivity contribution >= 4 is 45.5 Å². The third-order valence-corrected chi connectivity index (χ3v) is 5.54. The first kappa shape index (κ1) is 17.4. The average Bonchev–Trinajstić information content (AvgIpc) is 3.08. The van der Waals surface area contributed by atoms with Crippen LogP contribution in [0.1, 0.15) is 6.92 Å². The van der Waals surface area contributed by atoms with Crippen LogP contribution in [-0.4, -0.2) is 28.4 Å². The second-order valence-corrected chi connectivity index (χ2v) is 7.92. The van der Waals surface area contributed by atoms with E-state index in [0.29, 0.717) is 5.13 Å². The van der Waals surface area contributed by atoms with Gasteiger partial charge in [0.15, 0.2) is 4.34 Å². The van der Waals surface area contributed by atoms with E-state index in [0.717, 1.165) is 15.7 Å². The molecule has 0 radical (unpaired) electrons. The van der Waals surface area contributed by atoms with E-state index < -0.39 is 0 Å². The summed E-state index contributed by atoms with van der Waals surface area (Å²) in [5, 5.41) is 12.0. The highest BCUT2D eigenvalue weighted by molar-refractivity contribution is 8.02. The Labute approximate surface area is 155 Å². The number of aromatic nitrogens is 2. The number of hydrogen-bond donors (Lipinski definition) is 1. The summed E-state index contributed by atoms with van der Waals surface area (Å²) >= 11 is 2.86. The molecule has 3 rings (SSSR count). The normalized spacial score (nSPS) is 11.8. The maximum atomic E-state index is 12.6. The Morgan fingerprint density at radius 1 is 1.08 bits per heavy atom. The SMILES string of the molecule is C[C@H](Sc1nnc(Nc2ccccc2)s1)C(=O)N(C)c1ccccc1. The van der Waals surface area contributed by atoms with Crippen molar-refractivity contribution in [2.45, 2.75) is 16.5 Å². The van der Waals surface area contributed by atoms with Crippen molar-refractivity contribution in [3.05, 3.63) is 60.7 Å². The van der Waals surface area contributed by atoms with E-state index in [-0.39, 0.29) is 11.2 Å². The van der Waals surface area contributed by atoms with Crippen molar-refractivity contribution in [1.82, 2.24) is 10.2 Å². The topological polar surface area (TPSA) is 58.1 Å². The average molecular weight is 371 g/mol. The van der Waals surface area contributed by atoms with Gasteiger partial charge in [0.05, 0.1) is 5.25 Å². The second kappa shape index (κ2) is 8.13. The monoisotopic (exact) mass is 370 g/mol. The van der Waals surface area contributed by atoms with E-state index in [1.54, 1.807) is 11.9 Å². The van der Waals surface area contributed by atoms with Gasteiger partial charge in [0, 0.05) is 18.4 Å². The molecule has 1 amide bonds. The van der Waals surface area contributed by atoms with Gasteiger partial charge in [0.25, 0.3) is 0 Å². The number of nitrogens with one attached hydrogen (secondary N) is 1. The summed E-state index contributed by atoms with van der Waals surface area (Å²) in [5.74, 6) is 0.0315. The Morgan fingerprint density at radius 2 is 1.72 bits per heavy atom. The maximum Gasteiger partial charge on any atom is 0.240 e. The summed E-state index contributed by atoms with van der Waals surface area (Å²) in [6, 6.07) is 19.4. The molecule has 128 valence electrons. The quantitative estimate of drug-likeness (QED) is 0.651. The van der Waals surface area contributed by atoms with Gasteiger partial charge in [-0.05, 0) is 31.2 Å². The zero-order valence-corrected chi connectivity index (χ0v) is 15.6. The van der Waals surface area contributed by atoms with Crippen LogP contribution in [0.15, 0.2) is 65.0 Å². The van der Waals surface area contributed by atoms with Crippen molar-refractivity contribution in [2.75, 3.05) is 17.3 Å². The highest BCUT2D eigenvalue weighted by atomic mass is 32.2. The summed E-state index contributed by atoms with van der Waals surface area (Å²) in [7, 11) is 1.79. The van der Waals surface area contributed by atoms with Gasteiger partial charge < -0.3 is 10.2 Å². The van der Waals surface area contributed by atoms with Crippen LogP contribution in [0.4, 0.5) is 16.5 Å². The minimum atomic E-state index is -0.247. The highest BCUT2D eigenvalue weighted by Gasteiger charge is 2.21. The lowest BCUT2D eigenvalue weighted by Crippen LogP contribution is -2.33. The molecule has 0 aliphatic carbocycles. The molecule has 7 heteroatoms. The molecular formula is C18H18N4OS2. The summed E-state index contributed by atoms with van der Waals surface area (Å²) in [5.41, 5.74) is 1.84. The van der Waals surface area contributed by atoms with Crippen LogP contribution in [-0.2, 0) is 4.79 Å². The molecule has 2 aromatic carbocycles. The number of amides is 1. The molecule has 3 aromatic rings. The van der Waals surface area contributed by atoms with Crippen molar-refractivity contribution < 1.29 is 4.79 Å². The third-order valence-electron chi connectivity index (χ3n) is 3.53. The molecule has 0 unspecified atom stereocenters. The van der Waals surface area contributed by atoms with Crippen molar-refractivity contribution in [1.29, 1.82) is 0 Å². The number of carbonyl (C=O) groups excluding carboxylic acids is 1. The smallest absolute Gasteiger partial charge is 0.240 e. The number of carbonyl (C=O) groups is 1. The largest absolute Gasteiger partial charge is 0.330 e. The molecule has 25 heavy (non-hydrogen) atoms. The summed E-state index contributed by atoms with van der Waals surface area (Å²) in [6.07, 6.45) is 0. The predicted octanol–water partition coefficient (Wildman–Crippen LogP) is 4.43. The lowest BCUT2D eigenvalue weighted by molar-refractivity contribution is -0.117. The van der Waals surface area contributed by atoms with E-state index in [1.165, 1.54) is 23.1 Å². The first-order valence-corrected chi connectivity index (χ1v) is 9.48. The van der Waals surface area contributed by atoms with Crippen LogP contribution >= 0.6 is 23.1 Å². The lowest BCUT2D eigenvalue weighted by Gasteiger charge is -2.20. The standard InChI is InChI=1S/C18H18N4OS2/c1-13(16(23)22(2)15-11-7-4-8-12-15)24-18-21-20-17(25-18)19-14-9-5-3-6-10-14/h3-13H,1-2H3,(H,19,20)/t13-/m0/s1. The molecule has 1 N–H and O–H groups in total. The zero-order valence-electron chi connectivity index (χ0n) is 13.9. The summed E-state index contributed by atoms with van der Waals surface area (Å²) < 4.78 is 0.765. The first-order valence-electron chi connectivity index (χ1n) is 7.78. The van der Waals surface area contributed by atoms with E-state index in [4.69, 9.17) is 0 Å². The van der Waals surface area contributed by atoms with Gasteiger partial charge in [-0.25, -0.2) is 0 Å². The number of benzene rings is 2. The maximum absolute atomic E-state index is 12.6. The number of rotatable bonds is 6. The van der Waals surface area contributed by atoms with Crippen molar-refractivity contribution in [3.63, 3.8) is 0 Å². The summed E-state index contributed by atoms with van der Waals surface area (Å²) in [4.78, 5) is 14.3. The Morgan fingerprint density at radius 3 is 2.40 bits per heavy atom. The number of anilines is 3. The van der Waals surface area contributed by atoms with E-state index in [1.807, 2.05) is 67.6 Å². The summed E-state index contributed by atoms with van der Waals surface area (Å²) in [6.45, 7) is 1.89. The highest BCUT2D eigenvalue weighted by Crippen LogP contribution is 2.31. The molecule has 0 saturated carbocycles. The van der Waals surface area contributed by atoms with Gasteiger partial charge in [-0.3, -0.25) is 4.79 Å². The van der Waals surface area contributed by atoms with Gasteiger partial charge >= 0.3 is 0 Å². The van der Waals surface area contributed by atoms with Gasteiger partial charge in [0.1, 0.15) is 0 Å². The van der Waals surface area contributed by atoms with Gasteiger partial charge in [-0.2, -0.15) is 0 Å². The Bertz CT molecular complexity index is 823. The molecule has 0 saturated heterocycles. The third kappa shape index (κ3) is 4.58. The number of hydrogen-bond acceptors (Lipinski definition) is 6. The van der Waals surface area contributed by atoms with Crippen molar-refractivity contribution in [3.8, 4) is 0 Å². The van der Waals surface area contributed by atoms with Gasteiger partial charge in [0.2, 0.25) is 11.0 Å². The fourth-order valence-electron chi connectivity index (χ4n) is 2.21.